The molecule has 5 rings (SSSR count). The van der Waals surface area contributed by atoms with Gasteiger partial charge in [0.05, 0.1) is 17.6 Å². The highest BCUT2D eigenvalue weighted by atomic mass is 16.2. The molecule has 0 spiro atoms. The van der Waals surface area contributed by atoms with Gasteiger partial charge in [0.1, 0.15) is 0 Å². The summed E-state index contributed by atoms with van der Waals surface area (Å²) in [7, 11) is 0. The Morgan fingerprint density at radius 2 is 1.81 bits per heavy atom. The molecule has 1 saturated heterocycles. The molecule has 8 heteroatoms. The fourth-order valence-electron chi connectivity index (χ4n) is 4.64. The number of nitrogens with zero attached hydrogens (tertiary/aromatic N) is 4. The average Bonchev–Trinajstić information content (AvgIpc) is 3.51. The number of likely N-dealkylation sites (tertiary alicyclic amines) is 1. The number of carbonyl (C=O) groups excluding carboxylic acids is 2. The zero-order chi connectivity index (χ0) is 22.1. The number of carbonyl (C=O) groups is 2. The lowest BCUT2D eigenvalue weighted by Gasteiger charge is -2.39. The van der Waals surface area contributed by atoms with Crippen molar-refractivity contribution in [1.82, 2.24) is 15.1 Å². The summed E-state index contributed by atoms with van der Waals surface area (Å²) < 4.78 is 0. The highest BCUT2D eigenvalue weighted by Gasteiger charge is 2.34. The molecule has 2 aliphatic heterocycles. The molecule has 2 aliphatic rings. The molecule has 3 amide bonds. The van der Waals surface area contributed by atoms with Crippen LogP contribution in [0.2, 0.25) is 0 Å². The molecule has 3 heterocycles. The predicted molar refractivity (Wildman–Crippen MR) is 123 cm³/mol. The summed E-state index contributed by atoms with van der Waals surface area (Å²) in [5, 5.41) is 6.91. The van der Waals surface area contributed by atoms with Crippen LogP contribution in [-0.2, 0) is 6.54 Å². The topological polar surface area (TPSA) is 98.6 Å². The first-order valence-electron chi connectivity index (χ1n) is 10.9. The number of para-hydroxylation sites is 2. The number of hydrogen-bond donors (Lipinski definition) is 2. The number of amides is 3. The van der Waals surface area contributed by atoms with Crippen molar-refractivity contribution in [1.29, 1.82) is 0 Å². The van der Waals surface area contributed by atoms with Gasteiger partial charge in [-0.3, -0.25) is 14.8 Å². The lowest BCUT2D eigenvalue weighted by Crippen LogP contribution is -2.49. The van der Waals surface area contributed by atoms with E-state index < -0.39 is 5.91 Å². The van der Waals surface area contributed by atoms with E-state index in [1.165, 1.54) is 0 Å². The fraction of sp³-hybridized carbons (Fsp3) is 0.292. The molecule has 0 saturated carbocycles. The van der Waals surface area contributed by atoms with Crippen molar-refractivity contribution in [2.45, 2.75) is 18.9 Å². The number of primary amides is 1. The molecule has 164 valence electrons. The summed E-state index contributed by atoms with van der Waals surface area (Å²) in [4.78, 5) is 30.9. The first kappa shape index (κ1) is 20.1. The molecule has 8 nitrogen and oxygen atoms in total. The van der Waals surface area contributed by atoms with Crippen LogP contribution in [0.25, 0.3) is 0 Å². The molecule has 0 bridgehead atoms. The van der Waals surface area contributed by atoms with E-state index in [0.717, 1.165) is 42.0 Å². The van der Waals surface area contributed by atoms with Gasteiger partial charge >= 0.3 is 6.03 Å². The molecule has 32 heavy (non-hydrogen) atoms. The summed E-state index contributed by atoms with van der Waals surface area (Å²) in [5.74, 6) is -0.0939. The van der Waals surface area contributed by atoms with Crippen LogP contribution < -0.4 is 15.5 Å². The third-order valence-electron chi connectivity index (χ3n) is 6.40. The van der Waals surface area contributed by atoms with E-state index in [1.54, 1.807) is 12.1 Å². The minimum atomic E-state index is -0.425. The van der Waals surface area contributed by atoms with Crippen molar-refractivity contribution >= 4 is 23.3 Å². The Morgan fingerprint density at radius 1 is 1.03 bits per heavy atom. The Balaban J connectivity index is 1.32. The van der Waals surface area contributed by atoms with E-state index in [-0.39, 0.29) is 6.03 Å². The first-order valence-corrected chi connectivity index (χ1v) is 10.9. The maximum Gasteiger partial charge on any atom is 0.324 e. The average molecular weight is 431 g/mol. The number of aromatic amines is 1. The van der Waals surface area contributed by atoms with Crippen molar-refractivity contribution in [3.05, 3.63) is 77.6 Å². The number of nitrogens with two attached hydrogens (primary N) is 1. The van der Waals surface area contributed by atoms with E-state index in [4.69, 9.17) is 5.73 Å². The van der Waals surface area contributed by atoms with E-state index in [0.29, 0.717) is 31.1 Å². The molecule has 2 aromatic carbocycles. The Hall–Kier alpha value is -3.81. The molecule has 0 radical (unpaired) electrons. The van der Waals surface area contributed by atoms with Gasteiger partial charge in [-0.2, -0.15) is 5.10 Å². The number of hydrogen-bond acceptors (Lipinski definition) is 4. The predicted octanol–water partition coefficient (Wildman–Crippen LogP) is 2.94. The van der Waals surface area contributed by atoms with Crippen LogP contribution in [0.4, 0.5) is 16.2 Å². The molecule has 1 aromatic heterocycles. The number of urea groups is 1. The number of fused-ring (bicyclic) bond motifs is 1. The van der Waals surface area contributed by atoms with Crippen molar-refractivity contribution in [2.75, 3.05) is 36.0 Å². The number of rotatable bonds is 4. The summed E-state index contributed by atoms with van der Waals surface area (Å²) in [6, 6.07) is 15.5. The minimum Gasteiger partial charge on any atom is -0.366 e. The van der Waals surface area contributed by atoms with Gasteiger partial charge < -0.3 is 15.5 Å². The SMILES string of the molecule is NC(=O)c1ccc(CN2CCN(C(=O)N3CCC(c4cn[nH]c4)C3)c3ccccc32)cc1. The number of benzene rings is 2. The van der Waals surface area contributed by atoms with E-state index in [2.05, 4.69) is 21.2 Å². The zero-order valence-electron chi connectivity index (χ0n) is 17.8. The second kappa shape index (κ2) is 8.37. The molecular weight excluding hydrogens is 404 g/mol. The van der Waals surface area contributed by atoms with Crippen LogP contribution in [0.3, 0.4) is 0 Å². The van der Waals surface area contributed by atoms with Crippen molar-refractivity contribution in [3.8, 4) is 0 Å². The Kier molecular flexibility index (Phi) is 5.26. The highest BCUT2D eigenvalue weighted by Crippen LogP contribution is 2.36. The molecule has 3 N–H and O–H groups in total. The number of anilines is 2. The number of aromatic nitrogens is 2. The van der Waals surface area contributed by atoms with Crippen molar-refractivity contribution < 1.29 is 9.59 Å². The maximum atomic E-state index is 13.4. The minimum absolute atomic E-state index is 0.0638. The molecule has 1 unspecified atom stereocenters. The third kappa shape index (κ3) is 3.79. The first-order chi connectivity index (χ1) is 15.6. The Bertz CT molecular complexity index is 1110. The monoisotopic (exact) mass is 430 g/mol. The largest absolute Gasteiger partial charge is 0.366 e. The quantitative estimate of drug-likeness (QED) is 0.665. The molecule has 1 fully saturated rings. The normalized spacial score (nSPS) is 18.0. The van der Waals surface area contributed by atoms with E-state index in [1.807, 2.05) is 52.5 Å². The van der Waals surface area contributed by atoms with Crippen LogP contribution in [0.5, 0.6) is 0 Å². The van der Waals surface area contributed by atoms with Gasteiger partial charge in [0, 0.05) is 50.4 Å². The van der Waals surface area contributed by atoms with Crippen LogP contribution >= 0.6 is 0 Å². The third-order valence-corrected chi connectivity index (χ3v) is 6.40. The van der Waals surface area contributed by atoms with Gasteiger partial charge in [-0.25, -0.2) is 4.79 Å². The summed E-state index contributed by atoms with van der Waals surface area (Å²) in [5.41, 5.74) is 10.1. The van der Waals surface area contributed by atoms with Gasteiger partial charge in [0.15, 0.2) is 0 Å². The van der Waals surface area contributed by atoms with Gasteiger partial charge in [0.2, 0.25) is 5.91 Å². The summed E-state index contributed by atoms with van der Waals surface area (Å²) >= 11 is 0. The smallest absolute Gasteiger partial charge is 0.324 e. The van der Waals surface area contributed by atoms with Crippen molar-refractivity contribution in [2.24, 2.45) is 5.73 Å². The van der Waals surface area contributed by atoms with E-state index in [9.17, 15) is 9.59 Å². The van der Waals surface area contributed by atoms with Crippen LogP contribution in [0.15, 0.2) is 60.9 Å². The van der Waals surface area contributed by atoms with Gasteiger partial charge in [-0.05, 0) is 41.8 Å². The van der Waals surface area contributed by atoms with Gasteiger partial charge in [-0.1, -0.05) is 24.3 Å². The van der Waals surface area contributed by atoms with Crippen molar-refractivity contribution in [3.63, 3.8) is 0 Å². The molecule has 3 aromatic rings. The standard InChI is InChI=1S/C24H26N6O2/c25-23(31)18-7-5-17(6-8-18)15-28-11-12-30(22-4-2-1-3-21(22)28)24(32)29-10-9-19(16-29)20-13-26-27-14-20/h1-8,13-14,19H,9-12,15-16H2,(H2,25,31)(H,26,27). The molecular formula is C24H26N6O2. The van der Waals surface area contributed by atoms with Gasteiger partial charge in [-0.15, -0.1) is 0 Å². The molecule has 0 aliphatic carbocycles. The van der Waals surface area contributed by atoms with Crippen LogP contribution in [0, 0.1) is 0 Å². The highest BCUT2D eigenvalue weighted by molar-refractivity contribution is 5.97. The number of H-pyrrole nitrogens is 1. The zero-order valence-corrected chi connectivity index (χ0v) is 17.8. The van der Waals surface area contributed by atoms with E-state index >= 15 is 0 Å². The van der Waals surface area contributed by atoms with Crippen LogP contribution in [0.1, 0.15) is 33.8 Å². The lowest BCUT2D eigenvalue weighted by atomic mass is 10.0. The fourth-order valence-corrected chi connectivity index (χ4v) is 4.64. The Labute approximate surface area is 186 Å². The van der Waals surface area contributed by atoms with Crippen LogP contribution in [-0.4, -0.2) is 53.2 Å². The second-order valence-electron chi connectivity index (χ2n) is 8.37. The Morgan fingerprint density at radius 3 is 2.53 bits per heavy atom. The van der Waals surface area contributed by atoms with Gasteiger partial charge in [0.25, 0.3) is 0 Å². The maximum absolute atomic E-state index is 13.4. The number of nitrogens with one attached hydrogen (secondary N) is 1. The summed E-state index contributed by atoms with van der Waals surface area (Å²) in [6.07, 6.45) is 4.72. The molecule has 1 atom stereocenters. The lowest BCUT2D eigenvalue weighted by molar-refractivity contribution is 0.1000. The summed E-state index contributed by atoms with van der Waals surface area (Å²) in [6.45, 7) is 3.53. The second-order valence-corrected chi connectivity index (χ2v) is 8.37.